The third-order valence-electron chi connectivity index (χ3n) is 3.80. The van der Waals surface area contributed by atoms with E-state index in [9.17, 15) is 9.90 Å². The molecule has 5 heteroatoms. The summed E-state index contributed by atoms with van der Waals surface area (Å²) in [4.78, 5) is 11.5. The highest BCUT2D eigenvalue weighted by Crippen LogP contribution is 2.27. The molecule has 5 nitrogen and oxygen atoms in total. The summed E-state index contributed by atoms with van der Waals surface area (Å²) in [6.07, 6.45) is 0.825. The van der Waals surface area contributed by atoms with Crippen LogP contribution in [0.15, 0.2) is 48.5 Å². The fraction of sp³-hybridized carbons (Fsp3) is 0.167. The highest BCUT2D eigenvalue weighted by atomic mass is 16.4. The van der Waals surface area contributed by atoms with Gasteiger partial charge in [-0.3, -0.25) is 0 Å². The van der Waals surface area contributed by atoms with E-state index in [1.165, 1.54) is 0 Å². The van der Waals surface area contributed by atoms with E-state index in [0.717, 1.165) is 28.8 Å². The van der Waals surface area contributed by atoms with E-state index in [0.29, 0.717) is 5.69 Å². The Balaban J connectivity index is 2.26. The van der Waals surface area contributed by atoms with Crippen molar-refractivity contribution in [2.45, 2.75) is 20.3 Å². The summed E-state index contributed by atoms with van der Waals surface area (Å²) in [5, 5.41) is 17.4. The molecule has 0 saturated heterocycles. The number of aryl methyl sites for hydroxylation is 2. The highest BCUT2D eigenvalue weighted by Gasteiger charge is 2.22. The molecule has 0 aliphatic carbocycles. The van der Waals surface area contributed by atoms with E-state index < -0.39 is 5.97 Å². The average Bonchev–Trinajstić information content (AvgIpc) is 3.00. The molecule has 1 N–H and O–H groups in total. The third-order valence-corrected chi connectivity index (χ3v) is 3.80. The Morgan fingerprint density at radius 2 is 1.83 bits per heavy atom. The van der Waals surface area contributed by atoms with Gasteiger partial charge in [0.25, 0.3) is 0 Å². The molecule has 0 saturated carbocycles. The molecule has 23 heavy (non-hydrogen) atoms. The zero-order chi connectivity index (χ0) is 16.4. The largest absolute Gasteiger partial charge is 0.476 e. The summed E-state index contributed by atoms with van der Waals surface area (Å²) in [6.45, 7) is 4.04. The topological polar surface area (TPSA) is 68.0 Å². The Hall–Kier alpha value is -2.95. The van der Waals surface area contributed by atoms with Crippen molar-refractivity contribution in [2.75, 3.05) is 0 Å². The SMILES string of the molecule is CCc1ccccc1-n1nnc(C(=O)O)c1-c1ccc(C)cc1. The smallest absolute Gasteiger partial charge is 0.358 e. The molecule has 0 unspecified atom stereocenters. The lowest BCUT2D eigenvalue weighted by Crippen LogP contribution is -2.05. The summed E-state index contributed by atoms with van der Waals surface area (Å²) < 4.78 is 1.62. The molecule has 116 valence electrons. The lowest BCUT2D eigenvalue weighted by molar-refractivity contribution is 0.0691. The Morgan fingerprint density at radius 3 is 2.48 bits per heavy atom. The molecule has 3 aromatic rings. The van der Waals surface area contributed by atoms with Gasteiger partial charge < -0.3 is 5.11 Å². The van der Waals surface area contributed by atoms with E-state index in [1.807, 2.05) is 55.5 Å². The molecule has 0 atom stereocenters. The number of hydrogen-bond acceptors (Lipinski definition) is 3. The summed E-state index contributed by atoms with van der Waals surface area (Å²) in [5.41, 5.74) is 4.29. The fourth-order valence-corrected chi connectivity index (χ4v) is 2.58. The van der Waals surface area contributed by atoms with Crippen LogP contribution in [0.4, 0.5) is 0 Å². The Bertz CT molecular complexity index is 851. The molecule has 0 spiro atoms. The molecular formula is C18H17N3O2. The van der Waals surface area contributed by atoms with Crippen molar-refractivity contribution in [2.24, 2.45) is 0 Å². The number of carboxylic acids is 1. The van der Waals surface area contributed by atoms with Gasteiger partial charge in [-0.1, -0.05) is 60.2 Å². The first kappa shape index (κ1) is 15.0. The van der Waals surface area contributed by atoms with Crippen LogP contribution in [0, 0.1) is 6.92 Å². The molecule has 1 aromatic heterocycles. The Kier molecular flexibility index (Phi) is 3.93. The van der Waals surface area contributed by atoms with Gasteiger partial charge >= 0.3 is 5.97 Å². The molecule has 0 amide bonds. The molecule has 3 rings (SSSR count). The lowest BCUT2D eigenvalue weighted by atomic mass is 10.1. The van der Waals surface area contributed by atoms with Crippen LogP contribution in [0.25, 0.3) is 16.9 Å². The monoisotopic (exact) mass is 307 g/mol. The van der Waals surface area contributed by atoms with E-state index >= 15 is 0 Å². The van der Waals surface area contributed by atoms with Crippen molar-refractivity contribution in [3.05, 3.63) is 65.4 Å². The molecular weight excluding hydrogens is 290 g/mol. The number of hydrogen-bond donors (Lipinski definition) is 1. The van der Waals surface area contributed by atoms with Gasteiger partial charge in [-0.2, -0.15) is 0 Å². The minimum absolute atomic E-state index is 0.0419. The van der Waals surface area contributed by atoms with E-state index in [4.69, 9.17) is 0 Å². The maximum atomic E-state index is 11.5. The molecule has 1 heterocycles. The van der Waals surface area contributed by atoms with Crippen LogP contribution in [0.1, 0.15) is 28.5 Å². The second-order valence-corrected chi connectivity index (χ2v) is 5.35. The van der Waals surface area contributed by atoms with Gasteiger partial charge in [0.1, 0.15) is 5.69 Å². The Morgan fingerprint density at radius 1 is 1.13 bits per heavy atom. The number of nitrogens with zero attached hydrogens (tertiary/aromatic N) is 3. The first-order valence-corrected chi connectivity index (χ1v) is 7.46. The standard InChI is InChI=1S/C18H17N3O2/c1-3-13-6-4-5-7-15(13)21-17(16(18(22)23)19-20-21)14-10-8-12(2)9-11-14/h4-11H,3H2,1-2H3,(H,22,23). The number of aromatic carboxylic acids is 1. The van der Waals surface area contributed by atoms with Crippen molar-refractivity contribution in [1.29, 1.82) is 0 Å². The Labute approximate surface area is 134 Å². The number of para-hydroxylation sites is 1. The molecule has 0 aliphatic rings. The van der Waals surface area contributed by atoms with Gasteiger partial charge in [0, 0.05) is 5.56 Å². The predicted octanol–water partition coefficient (Wildman–Crippen LogP) is 3.50. The van der Waals surface area contributed by atoms with Crippen LogP contribution in [0.5, 0.6) is 0 Å². The highest BCUT2D eigenvalue weighted by molar-refractivity contribution is 5.93. The lowest BCUT2D eigenvalue weighted by Gasteiger charge is -2.11. The second kappa shape index (κ2) is 6.04. The van der Waals surface area contributed by atoms with Crippen LogP contribution >= 0.6 is 0 Å². The quantitative estimate of drug-likeness (QED) is 0.801. The number of carboxylic acid groups (broad SMARTS) is 1. The van der Waals surface area contributed by atoms with Gasteiger partial charge in [0.15, 0.2) is 5.69 Å². The minimum Gasteiger partial charge on any atom is -0.476 e. The molecule has 0 bridgehead atoms. The van der Waals surface area contributed by atoms with Crippen LogP contribution in [0.2, 0.25) is 0 Å². The van der Waals surface area contributed by atoms with Crippen molar-refractivity contribution < 1.29 is 9.90 Å². The average molecular weight is 307 g/mol. The number of aromatic nitrogens is 3. The van der Waals surface area contributed by atoms with Gasteiger partial charge in [0.05, 0.1) is 5.69 Å². The molecule has 0 radical (unpaired) electrons. The van der Waals surface area contributed by atoms with Gasteiger partial charge in [-0.15, -0.1) is 5.10 Å². The normalized spacial score (nSPS) is 10.7. The minimum atomic E-state index is -1.08. The summed E-state index contributed by atoms with van der Waals surface area (Å²) in [5.74, 6) is -1.08. The predicted molar refractivity (Wildman–Crippen MR) is 87.9 cm³/mol. The van der Waals surface area contributed by atoms with Gasteiger partial charge in [-0.05, 0) is 25.0 Å². The van der Waals surface area contributed by atoms with Crippen molar-refractivity contribution in [3.63, 3.8) is 0 Å². The third kappa shape index (κ3) is 2.73. The van der Waals surface area contributed by atoms with Crippen molar-refractivity contribution in [1.82, 2.24) is 15.0 Å². The van der Waals surface area contributed by atoms with Crippen LogP contribution < -0.4 is 0 Å². The van der Waals surface area contributed by atoms with Gasteiger partial charge in [-0.25, -0.2) is 9.48 Å². The molecule has 0 aliphatic heterocycles. The van der Waals surface area contributed by atoms with E-state index in [1.54, 1.807) is 4.68 Å². The maximum absolute atomic E-state index is 11.5. The zero-order valence-electron chi connectivity index (χ0n) is 13.0. The first-order valence-electron chi connectivity index (χ1n) is 7.46. The van der Waals surface area contributed by atoms with Crippen LogP contribution in [-0.4, -0.2) is 26.1 Å². The fourth-order valence-electron chi connectivity index (χ4n) is 2.58. The molecule has 0 fully saturated rings. The zero-order valence-corrected chi connectivity index (χ0v) is 13.0. The number of carbonyl (C=O) groups is 1. The van der Waals surface area contributed by atoms with Gasteiger partial charge in [0.2, 0.25) is 0 Å². The van der Waals surface area contributed by atoms with Crippen molar-refractivity contribution >= 4 is 5.97 Å². The molecule has 2 aromatic carbocycles. The summed E-state index contributed by atoms with van der Waals surface area (Å²) in [7, 11) is 0. The van der Waals surface area contributed by atoms with Crippen LogP contribution in [-0.2, 0) is 6.42 Å². The first-order chi connectivity index (χ1) is 11.1. The summed E-state index contributed by atoms with van der Waals surface area (Å²) >= 11 is 0. The van der Waals surface area contributed by atoms with E-state index in [2.05, 4.69) is 17.2 Å². The maximum Gasteiger partial charge on any atom is 0.358 e. The number of benzene rings is 2. The van der Waals surface area contributed by atoms with E-state index in [-0.39, 0.29) is 5.69 Å². The van der Waals surface area contributed by atoms with Crippen LogP contribution in [0.3, 0.4) is 0 Å². The number of rotatable bonds is 4. The second-order valence-electron chi connectivity index (χ2n) is 5.35. The summed E-state index contributed by atoms with van der Waals surface area (Å²) in [6, 6.07) is 15.5. The van der Waals surface area contributed by atoms with Crippen molar-refractivity contribution in [3.8, 4) is 16.9 Å².